The number of hydrogen-bond acceptors (Lipinski definition) is 2. The zero-order valence-corrected chi connectivity index (χ0v) is 27.0. The van der Waals surface area contributed by atoms with Gasteiger partial charge in [-0.1, -0.05) is 174 Å². The third-order valence-corrected chi connectivity index (χ3v) is 8.89. The zero-order valence-electron chi connectivity index (χ0n) is 27.0. The molecular formula is C36H69N2O+. The molecule has 0 aromatic carbocycles. The number of rotatable bonds is 29. The summed E-state index contributed by atoms with van der Waals surface area (Å²) in [5.41, 5.74) is 0. The molecule has 228 valence electrons. The van der Waals surface area contributed by atoms with Crippen LogP contribution in [0.15, 0.2) is 17.4 Å². The summed E-state index contributed by atoms with van der Waals surface area (Å²) in [4.78, 5) is 17.7. The Kier molecular flexibility index (Phi) is 24.0. The van der Waals surface area contributed by atoms with Crippen LogP contribution in [0, 0.1) is 0 Å². The molecule has 0 saturated heterocycles. The lowest BCUT2D eigenvalue weighted by atomic mass is 10.0. The van der Waals surface area contributed by atoms with Gasteiger partial charge in [-0.25, -0.2) is 9.79 Å². The minimum absolute atomic E-state index is 0.329. The van der Waals surface area contributed by atoms with E-state index in [4.69, 9.17) is 0 Å². The van der Waals surface area contributed by atoms with Crippen molar-refractivity contribution in [2.45, 2.75) is 200 Å². The maximum atomic E-state index is 13.1. The normalized spacial score (nSPS) is 16.7. The SMILES string of the molecule is CCCCCCCCCCCCCCCCCC1=NC=C[N+]1(C)C(=O)CCCCCCCCCCCCCC. The smallest absolute Gasteiger partial charge is 0.230 e. The third kappa shape index (κ3) is 18.9. The molecule has 3 nitrogen and oxygen atoms in total. The first-order chi connectivity index (χ1) is 19.1. The monoisotopic (exact) mass is 546 g/mol. The summed E-state index contributed by atoms with van der Waals surface area (Å²) in [6.07, 6.45) is 42.3. The van der Waals surface area contributed by atoms with Crippen LogP contribution < -0.4 is 0 Å². The van der Waals surface area contributed by atoms with Gasteiger partial charge in [0.25, 0.3) is 0 Å². The Morgan fingerprint density at radius 2 is 0.872 bits per heavy atom. The molecule has 0 spiro atoms. The second-order valence-corrected chi connectivity index (χ2v) is 12.7. The maximum absolute atomic E-state index is 13.1. The molecule has 1 amide bonds. The first-order valence-electron chi connectivity index (χ1n) is 17.8. The average molecular weight is 546 g/mol. The molecule has 0 aromatic heterocycles. The highest BCUT2D eigenvalue weighted by atomic mass is 16.2. The predicted molar refractivity (Wildman–Crippen MR) is 173 cm³/mol. The van der Waals surface area contributed by atoms with E-state index in [1.807, 2.05) is 12.4 Å². The highest BCUT2D eigenvalue weighted by Crippen LogP contribution is 2.22. The van der Waals surface area contributed by atoms with Crippen molar-refractivity contribution >= 4 is 11.7 Å². The molecule has 1 aliphatic rings. The van der Waals surface area contributed by atoms with Crippen LogP contribution in [0.2, 0.25) is 0 Å². The number of hydrogen-bond donors (Lipinski definition) is 0. The summed E-state index contributed by atoms with van der Waals surface area (Å²) in [6, 6.07) is 0. The van der Waals surface area contributed by atoms with Gasteiger partial charge in [-0.2, -0.15) is 4.48 Å². The fourth-order valence-electron chi connectivity index (χ4n) is 5.99. The number of nitrogens with zero attached hydrogens (tertiary/aromatic N) is 2. The number of carbonyl (C=O) groups excluding carboxylic acids is 1. The molecule has 3 heteroatoms. The van der Waals surface area contributed by atoms with Crippen molar-refractivity contribution in [2.75, 3.05) is 7.05 Å². The predicted octanol–water partition coefficient (Wildman–Crippen LogP) is 12.2. The summed E-state index contributed by atoms with van der Waals surface area (Å²) >= 11 is 0. The Morgan fingerprint density at radius 1 is 0.538 bits per heavy atom. The second kappa shape index (κ2) is 26.0. The quantitative estimate of drug-likeness (QED) is 0.0678. The number of amides is 1. The lowest BCUT2D eigenvalue weighted by molar-refractivity contribution is -0.683. The van der Waals surface area contributed by atoms with Crippen molar-refractivity contribution in [3.8, 4) is 0 Å². The van der Waals surface area contributed by atoms with E-state index in [0.29, 0.717) is 16.8 Å². The van der Waals surface area contributed by atoms with Gasteiger partial charge in [0.2, 0.25) is 5.84 Å². The van der Waals surface area contributed by atoms with E-state index in [-0.39, 0.29) is 0 Å². The molecule has 0 aromatic rings. The first kappa shape index (κ1) is 36.1. The molecule has 1 aliphatic heterocycles. The van der Waals surface area contributed by atoms with Gasteiger partial charge in [0.05, 0.1) is 19.7 Å². The molecule has 0 saturated carbocycles. The van der Waals surface area contributed by atoms with Gasteiger partial charge in [-0.3, -0.25) is 0 Å². The van der Waals surface area contributed by atoms with Crippen LogP contribution in [0.3, 0.4) is 0 Å². The Morgan fingerprint density at radius 3 is 1.26 bits per heavy atom. The molecule has 0 radical (unpaired) electrons. The highest BCUT2D eigenvalue weighted by Gasteiger charge is 2.37. The molecule has 0 aliphatic carbocycles. The number of unbranched alkanes of at least 4 members (excludes halogenated alkanes) is 25. The van der Waals surface area contributed by atoms with Crippen molar-refractivity contribution < 1.29 is 9.28 Å². The summed E-state index contributed by atoms with van der Waals surface area (Å²) in [5, 5.41) is 0. The Balaban J connectivity index is 1.97. The molecule has 1 unspecified atom stereocenters. The van der Waals surface area contributed by atoms with Gasteiger partial charge in [0.1, 0.15) is 6.20 Å². The van der Waals surface area contributed by atoms with Gasteiger partial charge in [0.15, 0.2) is 0 Å². The number of quaternary nitrogens is 1. The maximum Gasteiger partial charge on any atom is 0.324 e. The van der Waals surface area contributed by atoms with Gasteiger partial charge < -0.3 is 0 Å². The van der Waals surface area contributed by atoms with E-state index in [1.54, 1.807) is 0 Å². The molecule has 1 heterocycles. The fourth-order valence-corrected chi connectivity index (χ4v) is 5.99. The van der Waals surface area contributed by atoms with E-state index in [2.05, 4.69) is 25.9 Å². The lowest BCUT2D eigenvalue weighted by Gasteiger charge is -2.25. The lowest BCUT2D eigenvalue weighted by Crippen LogP contribution is -2.47. The van der Waals surface area contributed by atoms with Crippen LogP contribution >= 0.6 is 0 Å². The summed E-state index contributed by atoms with van der Waals surface area (Å²) in [6.45, 7) is 4.58. The fraction of sp³-hybridized carbons (Fsp3) is 0.889. The number of amidine groups is 1. The van der Waals surface area contributed by atoms with Crippen LogP contribution in [-0.4, -0.2) is 23.3 Å². The molecule has 0 bridgehead atoms. The number of aliphatic imine (C=N–C) groups is 1. The van der Waals surface area contributed by atoms with Gasteiger partial charge in [0, 0.05) is 6.42 Å². The largest absolute Gasteiger partial charge is 0.324 e. The minimum atomic E-state index is 0.329. The molecule has 1 rings (SSSR count). The van der Waals surface area contributed by atoms with Gasteiger partial charge in [-0.05, 0) is 12.8 Å². The number of carbonyl (C=O) groups is 1. The topological polar surface area (TPSA) is 29.4 Å². The first-order valence-corrected chi connectivity index (χ1v) is 17.8. The minimum Gasteiger partial charge on any atom is -0.230 e. The standard InChI is InChI=1S/C36H69N2O/c1-4-6-8-10-12-14-16-18-19-20-21-23-25-27-29-31-35-37-33-34-38(35,3)36(39)32-30-28-26-24-22-17-15-13-11-9-7-5-2/h33-34H,4-32H2,1-3H3/q+1. The van der Waals surface area contributed by atoms with Crippen LogP contribution in [0.4, 0.5) is 0 Å². The molecule has 39 heavy (non-hydrogen) atoms. The van der Waals surface area contributed by atoms with Crippen LogP contribution in [0.5, 0.6) is 0 Å². The second-order valence-electron chi connectivity index (χ2n) is 12.7. The van der Waals surface area contributed by atoms with Crippen LogP contribution in [-0.2, 0) is 4.79 Å². The Labute approximate surface area is 245 Å². The van der Waals surface area contributed by atoms with Gasteiger partial charge in [-0.15, -0.1) is 0 Å². The van der Waals surface area contributed by atoms with E-state index >= 15 is 0 Å². The van der Waals surface area contributed by atoms with E-state index in [1.165, 1.54) is 161 Å². The molecule has 0 N–H and O–H groups in total. The molecule has 0 fully saturated rings. The summed E-state index contributed by atoms with van der Waals surface area (Å²) < 4.78 is 0.330. The molecular weight excluding hydrogens is 476 g/mol. The Hall–Kier alpha value is -0.960. The van der Waals surface area contributed by atoms with Crippen molar-refractivity contribution in [3.63, 3.8) is 0 Å². The van der Waals surface area contributed by atoms with Crippen molar-refractivity contribution in [3.05, 3.63) is 12.4 Å². The third-order valence-electron chi connectivity index (χ3n) is 8.89. The van der Waals surface area contributed by atoms with Crippen molar-refractivity contribution in [1.29, 1.82) is 0 Å². The van der Waals surface area contributed by atoms with E-state index < -0.39 is 0 Å². The van der Waals surface area contributed by atoms with E-state index in [0.717, 1.165) is 25.1 Å². The van der Waals surface area contributed by atoms with Crippen molar-refractivity contribution in [2.24, 2.45) is 4.99 Å². The molecule has 1 atom stereocenters. The summed E-state index contributed by atoms with van der Waals surface area (Å²) in [5.74, 6) is 1.39. The Bertz CT molecular complexity index is 626. The van der Waals surface area contributed by atoms with Gasteiger partial charge >= 0.3 is 5.91 Å². The van der Waals surface area contributed by atoms with Crippen LogP contribution in [0.1, 0.15) is 200 Å². The van der Waals surface area contributed by atoms with E-state index in [9.17, 15) is 4.79 Å². The van der Waals surface area contributed by atoms with Crippen molar-refractivity contribution in [1.82, 2.24) is 0 Å². The highest BCUT2D eigenvalue weighted by molar-refractivity contribution is 5.90. The zero-order chi connectivity index (χ0) is 28.3. The summed E-state index contributed by atoms with van der Waals surface area (Å²) in [7, 11) is 2.05. The van der Waals surface area contributed by atoms with Crippen LogP contribution in [0.25, 0.3) is 0 Å². The average Bonchev–Trinajstić information content (AvgIpc) is 3.32.